The quantitative estimate of drug-likeness (QED) is 0.0532. The number of carbonyl (C=O) groups is 2. The summed E-state index contributed by atoms with van der Waals surface area (Å²) in [5, 5.41) is 17.0. The van der Waals surface area contributed by atoms with Crippen molar-refractivity contribution < 1.29 is 19.8 Å². The SMILES string of the molecule is CCCCC/C=C\C/C=C\CCCCCCCC(=O)O.CCCCC/C=C\C/C=C\CCCCCCCC(=O)O.[KH]. The molecule has 0 radical (unpaired) electrons. The summed E-state index contributed by atoms with van der Waals surface area (Å²) in [5.74, 6) is -1.34. The van der Waals surface area contributed by atoms with Gasteiger partial charge < -0.3 is 10.2 Å². The Labute approximate surface area is 297 Å². The third-order valence-electron chi connectivity index (χ3n) is 6.68. The summed E-state index contributed by atoms with van der Waals surface area (Å²) in [6.45, 7) is 4.47. The minimum atomic E-state index is -0.671. The molecule has 0 aromatic heterocycles. The van der Waals surface area contributed by atoms with E-state index in [1.807, 2.05) is 0 Å². The van der Waals surface area contributed by atoms with Gasteiger partial charge in [-0.25, -0.2) is 0 Å². The standard InChI is InChI=1S/2C18H32O2.K.H/c2*1-2-3-4-5-6-7-8-9-10-11-12-13-14-15-16-17-18(19)20;;/h2*6-7,9-10H,2-5,8,11-17H2,1H3,(H,19,20);;/b2*7-6-,10-9-;;. The van der Waals surface area contributed by atoms with E-state index in [0.29, 0.717) is 12.8 Å². The minimum absolute atomic E-state index is 0. The average Bonchev–Trinajstić information content (AvgIpc) is 2.93. The fourth-order valence-corrected chi connectivity index (χ4v) is 4.18. The summed E-state index contributed by atoms with van der Waals surface area (Å²) in [4.78, 5) is 20.6. The van der Waals surface area contributed by atoms with Gasteiger partial charge in [-0.2, -0.15) is 0 Å². The number of allylic oxidation sites excluding steroid dienone is 8. The van der Waals surface area contributed by atoms with E-state index < -0.39 is 11.9 Å². The van der Waals surface area contributed by atoms with Crippen molar-refractivity contribution in [1.29, 1.82) is 0 Å². The summed E-state index contributed by atoms with van der Waals surface area (Å²) in [5.41, 5.74) is 0. The second kappa shape index (κ2) is 41.7. The predicted octanol–water partition coefficient (Wildman–Crippen LogP) is 11.1. The number of hydrogen-bond acceptors (Lipinski definition) is 2. The van der Waals surface area contributed by atoms with E-state index in [2.05, 4.69) is 62.5 Å². The molecular weight excluding hydrogens is 535 g/mol. The Morgan fingerprint density at radius 3 is 0.976 bits per heavy atom. The normalized spacial score (nSPS) is 11.4. The molecule has 0 saturated carbocycles. The second-order valence-electron chi connectivity index (χ2n) is 10.7. The first-order valence-electron chi connectivity index (χ1n) is 16.6. The van der Waals surface area contributed by atoms with Crippen LogP contribution in [-0.4, -0.2) is 73.5 Å². The van der Waals surface area contributed by atoms with Gasteiger partial charge in [0.2, 0.25) is 0 Å². The predicted molar refractivity (Wildman–Crippen MR) is 181 cm³/mol. The second-order valence-corrected chi connectivity index (χ2v) is 10.7. The third-order valence-corrected chi connectivity index (χ3v) is 6.68. The van der Waals surface area contributed by atoms with Crippen molar-refractivity contribution >= 4 is 63.3 Å². The Hall–Kier alpha value is -0.464. The Bertz CT molecular complexity index is 596. The van der Waals surface area contributed by atoms with Crippen molar-refractivity contribution in [3.8, 4) is 0 Å². The fraction of sp³-hybridized carbons (Fsp3) is 0.722. The molecule has 234 valence electrons. The molecule has 2 N–H and O–H groups in total. The van der Waals surface area contributed by atoms with Gasteiger partial charge in [-0.1, -0.05) is 127 Å². The van der Waals surface area contributed by atoms with Crippen LogP contribution < -0.4 is 0 Å². The molecule has 0 bridgehead atoms. The first kappa shape index (κ1) is 45.0. The molecular formula is C36H65KO4. The number of unbranched alkanes of at least 4 members (excludes halogenated alkanes) is 16. The monoisotopic (exact) mass is 600 g/mol. The molecule has 0 aliphatic heterocycles. The van der Waals surface area contributed by atoms with Crippen molar-refractivity contribution in [1.82, 2.24) is 0 Å². The Morgan fingerprint density at radius 2 is 0.683 bits per heavy atom. The van der Waals surface area contributed by atoms with Gasteiger partial charge in [0, 0.05) is 12.8 Å². The number of aliphatic carboxylic acids is 2. The maximum absolute atomic E-state index is 10.3. The Morgan fingerprint density at radius 1 is 0.415 bits per heavy atom. The van der Waals surface area contributed by atoms with Crippen molar-refractivity contribution in [3.63, 3.8) is 0 Å². The van der Waals surface area contributed by atoms with Crippen LogP contribution in [0.15, 0.2) is 48.6 Å². The average molecular weight is 601 g/mol. The van der Waals surface area contributed by atoms with Crippen molar-refractivity contribution in [2.45, 2.75) is 168 Å². The molecule has 0 aromatic rings. The summed E-state index contributed by atoms with van der Waals surface area (Å²) in [6, 6.07) is 0. The zero-order valence-corrected chi connectivity index (χ0v) is 26.3. The molecule has 0 rings (SSSR count). The molecule has 0 heterocycles. The number of hydrogen-bond donors (Lipinski definition) is 2. The van der Waals surface area contributed by atoms with E-state index in [9.17, 15) is 9.59 Å². The van der Waals surface area contributed by atoms with E-state index in [-0.39, 0.29) is 51.4 Å². The van der Waals surface area contributed by atoms with E-state index in [1.54, 1.807) is 0 Å². The zero-order chi connectivity index (χ0) is 29.8. The number of carboxylic acid groups (broad SMARTS) is 2. The van der Waals surface area contributed by atoms with Gasteiger partial charge in [0.15, 0.2) is 0 Å². The molecule has 0 aliphatic carbocycles. The van der Waals surface area contributed by atoms with Crippen LogP contribution in [0, 0.1) is 0 Å². The summed E-state index contributed by atoms with van der Waals surface area (Å²) in [7, 11) is 0. The van der Waals surface area contributed by atoms with Crippen LogP contribution in [0.1, 0.15) is 168 Å². The Kier molecular flexibility index (Phi) is 45.7. The van der Waals surface area contributed by atoms with Gasteiger partial charge in [-0.3, -0.25) is 9.59 Å². The van der Waals surface area contributed by atoms with E-state index in [0.717, 1.165) is 51.4 Å². The maximum atomic E-state index is 10.3. The molecule has 0 unspecified atom stereocenters. The molecule has 0 aliphatic rings. The van der Waals surface area contributed by atoms with Crippen LogP contribution >= 0.6 is 0 Å². The zero-order valence-electron chi connectivity index (χ0n) is 26.3. The van der Waals surface area contributed by atoms with Crippen LogP contribution in [0.3, 0.4) is 0 Å². The van der Waals surface area contributed by atoms with Crippen LogP contribution in [0.5, 0.6) is 0 Å². The summed E-state index contributed by atoms with van der Waals surface area (Å²) < 4.78 is 0. The van der Waals surface area contributed by atoms with Gasteiger partial charge in [-0.15, -0.1) is 0 Å². The molecule has 0 amide bonds. The van der Waals surface area contributed by atoms with Crippen LogP contribution in [0.4, 0.5) is 0 Å². The van der Waals surface area contributed by atoms with Gasteiger partial charge in [0.1, 0.15) is 0 Å². The van der Waals surface area contributed by atoms with E-state index in [4.69, 9.17) is 10.2 Å². The van der Waals surface area contributed by atoms with Crippen LogP contribution in [0.25, 0.3) is 0 Å². The van der Waals surface area contributed by atoms with Crippen molar-refractivity contribution in [2.24, 2.45) is 0 Å². The van der Waals surface area contributed by atoms with Crippen molar-refractivity contribution in [2.75, 3.05) is 0 Å². The van der Waals surface area contributed by atoms with Gasteiger partial charge in [0.05, 0.1) is 0 Å². The molecule has 4 nitrogen and oxygen atoms in total. The van der Waals surface area contributed by atoms with E-state index >= 15 is 0 Å². The van der Waals surface area contributed by atoms with Gasteiger partial charge >= 0.3 is 63.3 Å². The number of carboxylic acids is 2. The number of rotatable bonds is 28. The molecule has 0 aromatic carbocycles. The molecule has 0 atom stereocenters. The van der Waals surface area contributed by atoms with Gasteiger partial charge in [0.25, 0.3) is 0 Å². The molecule has 5 heteroatoms. The molecule has 41 heavy (non-hydrogen) atoms. The molecule has 0 fully saturated rings. The van der Waals surface area contributed by atoms with Gasteiger partial charge in [-0.05, 0) is 77.0 Å². The van der Waals surface area contributed by atoms with Crippen molar-refractivity contribution in [3.05, 3.63) is 48.6 Å². The molecule has 0 spiro atoms. The summed E-state index contributed by atoms with van der Waals surface area (Å²) >= 11 is 0. The first-order chi connectivity index (χ1) is 19.5. The molecule has 0 saturated heterocycles. The fourth-order valence-electron chi connectivity index (χ4n) is 4.18. The first-order valence-corrected chi connectivity index (χ1v) is 16.6. The topological polar surface area (TPSA) is 74.6 Å². The Balaban J connectivity index is -0.000000688. The summed E-state index contributed by atoms with van der Waals surface area (Å²) in [6.07, 6.45) is 44.6. The van der Waals surface area contributed by atoms with Crippen LogP contribution in [0.2, 0.25) is 0 Å². The van der Waals surface area contributed by atoms with E-state index in [1.165, 1.54) is 89.9 Å². The van der Waals surface area contributed by atoms with Crippen LogP contribution in [-0.2, 0) is 9.59 Å². The third kappa shape index (κ3) is 49.5.